The molecule has 2 bridgehead atoms. The van der Waals surface area contributed by atoms with Crippen LogP contribution in [0, 0.1) is 23.7 Å². The van der Waals surface area contributed by atoms with Crippen molar-refractivity contribution in [3.8, 4) is 0 Å². The van der Waals surface area contributed by atoms with Crippen LogP contribution in [-0.4, -0.2) is 6.10 Å². The van der Waals surface area contributed by atoms with Crippen molar-refractivity contribution in [2.45, 2.75) is 25.4 Å². The fourth-order valence-electron chi connectivity index (χ4n) is 3.77. The maximum Gasteiger partial charge on any atom is 0.101 e. The summed E-state index contributed by atoms with van der Waals surface area (Å²) in [6.45, 7) is 3.65. The van der Waals surface area contributed by atoms with E-state index in [4.69, 9.17) is 4.74 Å². The molecule has 13 heavy (non-hydrogen) atoms. The molecule has 3 aliphatic carbocycles. The zero-order valence-electron chi connectivity index (χ0n) is 7.86. The Labute approximate surface area is 79.5 Å². The van der Waals surface area contributed by atoms with Crippen molar-refractivity contribution in [1.82, 2.24) is 0 Å². The maximum atomic E-state index is 5.57. The van der Waals surface area contributed by atoms with Gasteiger partial charge in [0, 0.05) is 5.92 Å². The highest BCUT2D eigenvalue weighted by Crippen LogP contribution is 2.57. The zero-order chi connectivity index (χ0) is 8.84. The van der Waals surface area contributed by atoms with E-state index in [0.717, 1.165) is 23.7 Å². The third-order valence-electron chi connectivity index (χ3n) is 4.22. The molecule has 70 valence electrons. The van der Waals surface area contributed by atoms with Crippen LogP contribution in [0.5, 0.6) is 0 Å². The number of hydrogen-bond donors (Lipinski definition) is 0. The van der Waals surface area contributed by atoms with E-state index in [1.165, 1.54) is 19.3 Å². The Morgan fingerprint density at radius 3 is 3.08 bits per heavy atom. The summed E-state index contributed by atoms with van der Waals surface area (Å²) in [6, 6.07) is 0. The van der Waals surface area contributed by atoms with Crippen LogP contribution in [-0.2, 0) is 4.74 Å². The van der Waals surface area contributed by atoms with E-state index in [0.29, 0.717) is 6.10 Å². The summed E-state index contributed by atoms with van der Waals surface area (Å²) in [5, 5.41) is 0. The second kappa shape index (κ2) is 2.63. The Bertz CT molecular complexity index is 256. The molecule has 5 atom stereocenters. The molecular formula is C12H16O. The largest absolute Gasteiger partial charge is 0.498 e. The van der Waals surface area contributed by atoms with Crippen molar-refractivity contribution in [3.05, 3.63) is 25.0 Å². The third-order valence-corrected chi connectivity index (χ3v) is 4.22. The van der Waals surface area contributed by atoms with Gasteiger partial charge in [0.1, 0.15) is 6.10 Å². The highest BCUT2D eigenvalue weighted by molar-refractivity contribution is 5.14. The average Bonchev–Trinajstić information content (AvgIpc) is 2.72. The van der Waals surface area contributed by atoms with Crippen LogP contribution in [0.4, 0.5) is 0 Å². The van der Waals surface area contributed by atoms with Gasteiger partial charge in [-0.15, -0.1) is 0 Å². The van der Waals surface area contributed by atoms with Crippen molar-refractivity contribution in [2.24, 2.45) is 23.7 Å². The van der Waals surface area contributed by atoms with Crippen molar-refractivity contribution in [2.75, 3.05) is 0 Å². The smallest absolute Gasteiger partial charge is 0.101 e. The molecule has 0 saturated heterocycles. The second-order valence-corrected chi connectivity index (χ2v) is 4.64. The molecule has 0 N–H and O–H groups in total. The Morgan fingerprint density at radius 1 is 1.31 bits per heavy atom. The van der Waals surface area contributed by atoms with Gasteiger partial charge in [0.15, 0.2) is 0 Å². The fraction of sp³-hybridized carbons (Fsp3) is 0.667. The molecular weight excluding hydrogens is 160 g/mol. The first-order valence-corrected chi connectivity index (χ1v) is 5.33. The number of allylic oxidation sites excluding steroid dienone is 2. The number of hydrogen-bond acceptors (Lipinski definition) is 1. The first-order chi connectivity index (χ1) is 6.40. The fourth-order valence-corrected chi connectivity index (χ4v) is 3.77. The molecule has 1 nitrogen and oxygen atoms in total. The lowest BCUT2D eigenvalue weighted by molar-refractivity contribution is 0.0583. The predicted octanol–water partition coefficient (Wildman–Crippen LogP) is 2.75. The third kappa shape index (κ3) is 0.932. The van der Waals surface area contributed by atoms with Gasteiger partial charge in [-0.1, -0.05) is 18.7 Å². The van der Waals surface area contributed by atoms with E-state index >= 15 is 0 Å². The quantitative estimate of drug-likeness (QED) is 0.464. The molecule has 0 aliphatic heterocycles. The van der Waals surface area contributed by atoms with Gasteiger partial charge in [-0.25, -0.2) is 0 Å². The average molecular weight is 176 g/mol. The molecule has 1 heteroatoms. The number of fused-ring (bicyclic) bond motifs is 5. The Hall–Kier alpha value is -0.720. The van der Waals surface area contributed by atoms with Crippen LogP contribution >= 0.6 is 0 Å². The monoisotopic (exact) mass is 176 g/mol. The lowest BCUT2D eigenvalue weighted by atomic mass is 9.80. The van der Waals surface area contributed by atoms with Gasteiger partial charge in [0.2, 0.25) is 0 Å². The van der Waals surface area contributed by atoms with Gasteiger partial charge in [-0.2, -0.15) is 0 Å². The van der Waals surface area contributed by atoms with Crippen molar-refractivity contribution in [3.63, 3.8) is 0 Å². The molecule has 0 aromatic heterocycles. The minimum atomic E-state index is 0.478. The minimum absolute atomic E-state index is 0.478. The molecule has 2 saturated carbocycles. The van der Waals surface area contributed by atoms with Crippen LogP contribution in [0.1, 0.15) is 19.3 Å². The van der Waals surface area contributed by atoms with Gasteiger partial charge in [-0.3, -0.25) is 0 Å². The van der Waals surface area contributed by atoms with Gasteiger partial charge in [0.05, 0.1) is 6.26 Å². The SMILES string of the molecule is C=COC1CC2CC1C1C=CCC21. The Morgan fingerprint density at radius 2 is 2.23 bits per heavy atom. The normalized spacial score (nSPS) is 50.9. The van der Waals surface area contributed by atoms with Crippen LogP contribution < -0.4 is 0 Å². The summed E-state index contributed by atoms with van der Waals surface area (Å²) >= 11 is 0. The van der Waals surface area contributed by atoms with Crippen molar-refractivity contribution >= 4 is 0 Å². The standard InChI is InChI=1S/C12H16O/c1-2-13-12-7-8-6-11(12)10-5-3-4-9(8)10/h2-3,5,8-12H,1,4,6-7H2. The maximum absolute atomic E-state index is 5.57. The first-order valence-electron chi connectivity index (χ1n) is 5.33. The van der Waals surface area contributed by atoms with E-state index in [9.17, 15) is 0 Å². The Balaban J connectivity index is 1.81. The summed E-state index contributed by atoms with van der Waals surface area (Å²) < 4.78 is 5.57. The van der Waals surface area contributed by atoms with E-state index in [1.807, 2.05) is 0 Å². The number of ether oxygens (including phenoxy) is 1. The van der Waals surface area contributed by atoms with E-state index in [1.54, 1.807) is 6.26 Å². The van der Waals surface area contributed by atoms with E-state index in [2.05, 4.69) is 18.7 Å². The lowest BCUT2D eigenvalue weighted by Crippen LogP contribution is -2.29. The van der Waals surface area contributed by atoms with Crippen molar-refractivity contribution in [1.29, 1.82) is 0 Å². The van der Waals surface area contributed by atoms with Gasteiger partial charge < -0.3 is 4.74 Å². The molecule has 0 spiro atoms. The topological polar surface area (TPSA) is 9.23 Å². The highest BCUT2D eigenvalue weighted by atomic mass is 16.5. The molecule has 0 aromatic carbocycles. The molecule has 0 radical (unpaired) electrons. The van der Waals surface area contributed by atoms with E-state index in [-0.39, 0.29) is 0 Å². The number of rotatable bonds is 2. The summed E-state index contributed by atoms with van der Waals surface area (Å²) in [5.41, 5.74) is 0. The van der Waals surface area contributed by atoms with Gasteiger partial charge >= 0.3 is 0 Å². The van der Waals surface area contributed by atoms with Crippen LogP contribution in [0.15, 0.2) is 25.0 Å². The summed E-state index contributed by atoms with van der Waals surface area (Å²) in [5.74, 6) is 3.54. The van der Waals surface area contributed by atoms with Gasteiger partial charge in [0.25, 0.3) is 0 Å². The molecule has 0 aromatic rings. The molecule has 3 aliphatic rings. The molecule has 3 rings (SSSR count). The molecule has 2 fully saturated rings. The zero-order valence-corrected chi connectivity index (χ0v) is 7.86. The molecule has 0 heterocycles. The van der Waals surface area contributed by atoms with Crippen LogP contribution in [0.2, 0.25) is 0 Å². The predicted molar refractivity (Wildman–Crippen MR) is 52.0 cm³/mol. The first kappa shape index (κ1) is 7.66. The summed E-state index contributed by atoms with van der Waals surface area (Å²) in [7, 11) is 0. The van der Waals surface area contributed by atoms with Gasteiger partial charge in [-0.05, 0) is 37.0 Å². The molecule has 5 unspecified atom stereocenters. The summed E-state index contributed by atoms with van der Waals surface area (Å²) in [4.78, 5) is 0. The minimum Gasteiger partial charge on any atom is -0.498 e. The Kier molecular flexibility index (Phi) is 1.55. The lowest BCUT2D eigenvalue weighted by Gasteiger charge is -2.30. The van der Waals surface area contributed by atoms with Crippen molar-refractivity contribution < 1.29 is 4.74 Å². The molecule has 0 amide bonds. The highest BCUT2D eigenvalue weighted by Gasteiger charge is 2.53. The van der Waals surface area contributed by atoms with Crippen LogP contribution in [0.3, 0.4) is 0 Å². The van der Waals surface area contributed by atoms with E-state index < -0.39 is 0 Å². The van der Waals surface area contributed by atoms with Crippen LogP contribution in [0.25, 0.3) is 0 Å². The second-order valence-electron chi connectivity index (χ2n) is 4.64. The summed E-state index contributed by atoms with van der Waals surface area (Å²) in [6.07, 6.45) is 10.9.